The van der Waals surface area contributed by atoms with Gasteiger partial charge in [0.2, 0.25) is 0 Å². The van der Waals surface area contributed by atoms with Crippen LogP contribution >= 0.6 is 0 Å². The van der Waals surface area contributed by atoms with Crippen LogP contribution in [0.25, 0.3) is 0 Å². The third kappa shape index (κ3) is 3.74. The standard InChI is InChI=1S/C16H28N2/c1-6-15(17)14-9-7-8-10-16(14)18(5)13(4)11-12(2)3/h7-10,12-13,15H,6,11,17H2,1-5H3/t13?,15-/m0/s1. The van der Waals surface area contributed by atoms with Crippen LogP contribution in [0.3, 0.4) is 0 Å². The topological polar surface area (TPSA) is 29.3 Å². The van der Waals surface area contributed by atoms with Gasteiger partial charge in [-0.3, -0.25) is 0 Å². The number of anilines is 1. The van der Waals surface area contributed by atoms with Crippen molar-refractivity contribution >= 4 is 5.69 Å². The lowest BCUT2D eigenvalue weighted by Crippen LogP contribution is -2.31. The summed E-state index contributed by atoms with van der Waals surface area (Å²) in [6.07, 6.45) is 2.18. The monoisotopic (exact) mass is 248 g/mol. The molecule has 0 aromatic heterocycles. The first-order chi connectivity index (χ1) is 8.47. The Hall–Kier alpha value is -1.02. The molecule has 0 heterocycles. The van der Waals surface area contributed by atoms with Gasteiger partial charge >= 0.3 is 0 Å². The third-order valence-electron chi connectivity index (χ3n) is 3.63. The van der Waals surface area contributed by atoms with Crippen LogP contribution in [0.1, 0.15) is 52.1 Å². The average Bonchev–Trinajstić information content (AvgIpc) is 2.36. The Labute approximate surface area is 112 Å². The van der Waals surface area contributed by atoms with Gasteiger partial charge in [-0.05, 0) is 37.3 Å². The molecule has 0 radical (unpaired) electrons. The van der Waals surface area contributed by atoms with Gasteiger partial charge in [0.1, 0.15) is 0 Å². The molecule has 0 aliphatic rings. The Morgan fingerprint density at radius 3 is 2.33 bits per heavy atom. The minimum Gasteiger partial charge on any atom is -0.372 e. The van der Waals surface area contributed by atoms with Crippen LogP contribution in [0.4, 0.5) is 5.69 Å². The van der Waals surface area contributed by atoms with Gasteiger partial charge in [-0.1, -0.05) is 39.0 Å². The summed E-state index contributed by atoms with van der Waals surface area (Å²) in [7, 11) is 2.17. The minimum atomic E-state index is 0.134. The second-order valence-corrected chi connectivity index (χ2v) is 5.66. The molecule has 18 heavy (non-hydrogen) atoms. The van der Waals surface area contributed by atoms with Crippen molar-refractivity contribution in [2.24, 2.45) is 11.7 Å². The maximum absolute atomic E-state index is 6.21. The Morgan fingerprint density at radius 1 is 1.17 bits per heavy atom. The van der Waals surface area contributed by atoms with Crippen LogP contribution in [-0.4, -0.2) is 13.1 Å². The Kier molecular flexibility index (Phi) is 5.67. The van der Waals surface area contributed by atoms with E-state index >= 15 is 0 Å². The van der Waals surface area contributed by atoms with E-state index in [9.17, 15) is 0 Å². The first-order valence-corrected chi connectivity index (χ1v) is 7.04. The predicted molar refractivity (Wildman–Crippen MR) is 81.0 cm³/mol. The van der Waals surface area contributed by atoms with Crippen molar-refractivity contribution in [1.82, 2.24) is 0 Å². The van der Waals surface area contributed by atoms with Crippen LogP contribution in [0, 0.1) is 5.92 Å². The number of hydrogen-bond acceptors (Lipinski definition) is 2. The SMILES string of the molecule is CC[C@H](N)c1ccccc1N(C)C(C)CC(C)C. The normalized spacial score (nSPS) is 14.6. The molecule has 1 aromatic carbocycles. The molecule has 2 atom stereocenters. The third-order valence-corrected chi connectivity index (χ3v) is 3.63. The molecule has 0 fully saturated rings. The summed E-state index contributed by atoms with van der Waals surface area (Å²) >= 11 is 0. The molecule has 1 aromatic rings. The van der Waals surface area contributed by atoms with E-state index in [2.05, 4.69) is 63.9 Å². The molecule has 0 aliphatic heterocycles. The number of hydrogen-bond donors (Lipinski definition) is 1. The van der Waals surface area contributed by atoms with Gasteiger partial charge in [0, 0.05) is 24.8 Å². The molecular weight excluding hydrogens is 220 g/mol. The summed E-state index contributed by atoms with van der Waals surface area (Å²) in [6.45, 7) is 8.97. The van der Waals surface area contributed by atoms with Crippen molar-refractivity contribution in [3.8, 4) is 0 Å². The lowest BCUT2D eigenvalue weighted by molar-refractivity contribution is 0.502. The highest BCUT2D eigenvalue weighted by atomic mass is 15.1. The highest BCUT2D eigenvalue weighted by Gasteiger charge is 2.16. The largest absolute Gasteiger partial charge is 0.372 e. The van der Waals surface area contributed by atoms with Gasteiger partial charge < -0.3 is 10.6 Å². The zero-order valence-corrected chi connectivity index (χ0v) is 12.5. The molecule has 0 spiro atoms. The highest BCUT2D eigenvalue weighted by molar-refractivity contribution is 5.55. The van der Waals surface area contributed by atoms with Crippen molar-refractivity contribution in [3.05, 3.63) is 29.8 Å². The summed E-state index contributed by atoms with van der Waals surface area (Å²) < 4.78 is 0. The fourth-order valence-electron chi connectivity index (χ4n) is 2.42. The maximum atomic E-state index is 6.21. The van der Waals surface area contributed by atoms with Gasteiger partial charge in [-0.15, -0.1) is 0 Å². The van der Waals surface area contributed by atoms with Crippen molar-refractivity contribution in [2.45, 2.75) is 52.6 Å². The molecule has 2 nitrogen and oxygen atoms in total. The average molecular weight is 248 g/mol. The van der Waals surface area contributed by atoms with Crippen LogP contribution in [-0.2, 0) is 0 Å². The lowest BCUT2D eigenvalue weighted by Gasteiger charge is -2.31. The van der Waals surface area contributed by atoms with Gasteiger partial charge in [-0.25, -0.2) is 0 Å². The zero-order chi connectivity index (χ0) is 13.7. The van der Waals surface area contributed by atoms with E-state index in [-0.39, 0.29) is 6.04 Å². The molecule has 2 N–H and O–H groups in total. The summed E-state index contributed by atoms with van der Waals surface area (Å²) in [5.41, 5.74) is 8.75. The summed E-state index contributed by atoms with van der Waals surface area (Å²) in [4.78, 5) is 2.37. The first-order valence-electron chi connectivity index (χ1n) is 7.04. The molecular formula is C16H28N2. The molecule has 0 aliphatic carbocycles. The van der Waals surface area contributed by atoms with Gasteiger partial charge in [0.15, 0.2) is 0 Å². The summed E-state index contributed by atoms with van der Waals surface area (Å²) in [5, 5.41) is 0. The summed E-state index contributed by atoms with van der Waals surface area (Å²) in [6, 6.07) is 9.18. The molecule has 1 rings (SSSR count). The quantitative estimate of drug-likeness (QED) is 0.825. The van der Waals surface area contributed by atoms with E-state index in [4.69, 9.17) is 5.73 Å². The van der Waals surface area contributed by atoms with Gasteiger partial charge in [0.05, 0.1) is 0 Å². The Morgan fingerprint density at radius 2 is 1.78 bits per heavy atom. The molecule has 0 saturated heterocycles. The minimum absolute atomic E-state index is 0.134. The van der Waals surface area contributed by atoms with Crippen LogP contribution < -0.4 is 10.6 Å². The van der Waals surface area contributed by atoms with Crippen LogP contribution in [0.15, 0.2) is 24.3 Å². The molecule has 0 amide bonds. The van der Waals surface area contributed by atoms with Crippen LogP contribution in [0.2, 0.25) is 0 Å². The number of rotatable bonds is 6. The van der Waals surface area contributed by atoms with Gasteiger partial charge in [0.25, 0.3) is 0 Å². The van der Waals surface area contributed by atoms with Crippen LogP contribution in [0.5, 0.6) is 0 Å². The fraction of sp³-hybridized carbons (Fsp3) is 0.625. The van der Waals surface area contributed by atoms with Gasteiger partial charge in [-0.2, -0.15) is 0 Å². The molecule has 1 unspecified atom stereocenters. The second kappa shape index (κ2) is 6.79. The number of benzene rings is 1. The first kappa shape index (κ1) is 15.0. The molecule has 102 valence electrons. The highest BCUT2D eigenvalue weighted by Crippen LogP contribution is 2.28. The van der Waals surface area contributed by atoms with E-state index in [1.54, 1.807) is 0 Å². The van der Waals surface area contributed by atoms with E-state index < -0.39 is 0 Å². The zero-order valence-electron chi connectivity index (χ0n) is 12.5. The molecule has 0 bridgehead atoms. The van der Waals surface area contributed by atoms with E-state index in [0.717, 1.165) is 12.3 Å². The Bertz CT molecular complexity index is 360. The van der Waals surface area contributed by atoms with Crippen molar-refractivity contribution in [2.75, 3.05) is 11.9 Å². The predicted octanol–water partition coefficient (Wildman–Crippen LogP) is 3.97. The Balaban J connectivity index is 2.94. The summed E-state index contributed by atoms with van der Waals surface area (Å²) in [5.74, 6) is 0.717. The van der Waals surface area contributed by atoms with E-state index in [1.165, 1.54) is 17.7 Å². The molecule has 0 saturated carbocycles. The lowest BCUT2D eigenvalue weighted by atomic mass is 9.99. The van der Waals surface area contributed by atoms with Crippen molar-refractivity contribution in [3.63, 3.8) is 0 Å². The molecule has 2 heteroatoms. The van der Waals surface area contributed by atoms with E-state index in [0.29, 0.717) is 6.04 Å². The van der Waals surface area contributed by atoms with Crippen molar-refractivity contribution in [1.29, 1.82) is 0 Å². The smallest absolute Gasteiger partial charge is 0.0414 e. The number of para-hydroxylation sites is 1. The van der Waals surface area contributed by atoms with Crippen molar-refractivity contribution < 1.29 is 0 Å². The fourth-order valence-corrected chi connectivity index (χ4v) is 2.42. The second-order valence-electron chi connectivity index (χ2n) is 5.66. The maximum Gasteiger partial charge on any atom is 0.0414 e. The number of nitrogens with two attached hydrogens (primary N) is 1. The van der Waals surface area contributed by atoms with E-state index in [1.807, 2.05) is 0 Å². The number of nitrogens with zero attached hydrogens (tertiary/aromatic N) is 1.